The molecule has 1 saturated heterocycles. The third-order valence-electron chi connectivity index (χ3n) is 3.58. The zero-order chi connectivity index (χ0) is 14.0. The van der Waals surface area contributed by atoms with Crippen LogP contribution in [0.3, 0.4) is 0 Å². The monoisotopic (exact) mass is 327 g/mol. The molecule has 1 aliphatic rings. The molecule has 1 aromatic heterocycles. The Kier molecular flexibility index (Phi) is 4.29. The molecule has 0 spiro atoms. The summed E-state index contributed by atoms with van der Waals surface area (Å²) in [4.78, 5) is 25.1. The lowest BCUT2D eigenvalue weighted by atomic mass is 9.93. The van der Waals surface area contributed by atoms with E-state index in [4.69, 9.17) is 5.73 Å². The molecule has 0 aromatic carbocycles. The van der Waals surface area contributed by atoms with Gasteiger partial charge in [0.05, 0.1) is 0 Å². The lowest BCUT2D eigenvalue weighted by molar-refractivity contribution is -0.119. The summed E-state index contributed by atoms with van der Waals surface area (Å²) >= 11 is 3.37. The van der Waals surface area contributed by atoms with Crippen molar-refractivity contribution in [1.29, 1.82) is 0 Å². The second-order valence-corrected chi connectivity index (χ2v) is 5.98. The summed E-state index contributed by atoms with van der Waals surface area (Å²) < 4.78 is 2.73. The average molecular weight is 328 g/mol. The van der Waals surface area contributed by atoms with Gasteiger partial charge in [-0.25, -0.2) is 0 Å². The van der Waals surface area contributed by atoms with Crippen molar-refractivity contribution in [3.8, 4) is 0 Å². The van der Waals surface area contributed by atoms with Crippen LogP contribution in [0.2, 0.25) is 0 Å². The lowest BCUT2D eigenvalue weighted by Crippen LogP contribution is -2.39. The van der Waals surface area contributed by atoms with Crippen molar-refractivity contribution in [3.63, 3.8) is 0 Å². The van der Waals surface area contributed by atoms with E-state index in [1.165, 1.54) is 0 Å². The summed E-state index contributed by atoms with van der Waals surface area (Å²) in [6.07, 6.45) is 3.99. The van der Waals surface area contributed by atoms with E-state index >= 15 is 0 Å². The molecule has 2 heterocycles. The molecule has 0 aliphatic carbocycles. The van der Waals surface area contributed by atoms with Gasteiger partial charge in [0.2, 0.25) is 5.91 Å². The Bertz CT molecular complexity index is 490. The molecule has 5 nitrogen and oxygen atoms in total. The van der Waals surface area contributed by atoms with Crippen molar-refractivity contribution >= 4 is 27.7 Å². The number of piperidine rings is 1. The van der Waals surface area contributed by atoms with Crippen LogP contribution >= 0.6 is 15.9 Å². The van der Waals surface area contributed by atoms with Gasteiger partial charge in [-0.2, -0.15) is 0 Å². The number of carbonyl (C=O) groups is 2. The lowest BCUT2D eigenvalue weighted by Gasteiger charge is -2.31. The van der Waals surface area contributed by atoms with E-state index < -0.39 is 0 Å². The fraction of sp³-hybridized carbons (Fsp3) is 0.538. The maximum Gasteiger partial charge on any atom is 0.270 e. The number of halogens is 1. The first-order valence-corrected chi connectivity index (χ1v) is 7.16. The number of carbonyl (C=O) groups excluding carboxylic acids is 2. The predicted molar refractivity (Wildman–Crippen MR) is 75.6 cm³/mol. The Hall–Kier alpha value is -1.30. The molecule has 2 rings (SSSR count). The standard InChI is InChI=1S/C13H18BrN3O2/c1-16-8-10(14)7-11(16)13(19)17-4-2-9(3-5-17)6-12(15)18/h7-9H,2-6H2,1H3,(H2,15,18). The number of likely N-dealkylation sites (tertiary alicyclic amines) is 1. The second kappa shape index (κ2) is 5.77. The number of nitrogens with zero attached hydrogens (tertiary/aromatic N) is 2. The Labute approximate surface area is 120 Å². The summed E-state index contributed by atoms with van der Waals surface area (Å²) in [5.41, 5.74) is 5.88. The van der Waals surface area contributed by atoms with Crippen molar-refractivity contribution < 1.29 is 9.59 Å². The summed E-state index contributed by atoms with van der Waals surface area (Å²) in [5.74, 6) is 0.114. The van der Waals surface area contributed by atoms with E-state index in [0.29, 0.717) is 31.1 Å². The van der Waals surface area contributed by atoms with Gasteiger partial charge < -0.3 is 15.2 Å². The third-order valence-corrected chi connectivity index (χ3v) is 4.02. The van der Waals surface area contributed by atoms with Gasteiger partial charge in [-0.05, 0) is 40.8 Å². The van der Waals surface area contributed by atoms with E-state index in [1.54, 1.807) is 0 Å². The first-order chi connectivity index (χ1) is 8.97. The van der Waals surface area contributed by atoms with Crippen LogP contribution in [0.4, 0.5) is 0 Å². The van der Waals surface area contributed by atoms with Gasteiger partial charge in [-0.3, -0.25) is 9.59 Å². The molecule has 0 bridgehead atoms. The SMILES string of the molecule is Cn1cc(Br)cc1C(=O)N1CCC(CC(N)=O)CC1. The highest BCUT2D eigenvalue weighted by Gasteiger charge is 2.25. The third kappa shape index (κ3) is 3.37. The van der Waals surface area contributed by atoms with E-state index in [9.17, 15) is 9.59 Å². The Morgan fingerprint density at radius 3 is 2.53 bits per heavy atom. The van der Waals surface area contributed by atoms with Crippen LogP contribution in [-0.2, 0) is 11.8 Å². The van der Waals surface area contributed by atoms with E-state index in [0.717, 1.165) is 17.3 Å². The number of aromatic nitrogens is 1. The summed E-state index contributed by atoms with van der Waals surface area (Å²) in [7, 11) is 1.86. The van der Waals surface area contributed by atoms with Crippen LogP contribution in [0.25, 0.3) is 0 Å². The molecule has 2 amide bonds. The molecule has 104 valence electrons. The highest BCUT2D eigenvalue weighted by molar-refractivity contribution is 9.10. The molecule has 1 fully saturated rings. The number of hydrogen-bond donors (Lipinski definition) is 1. The molecule has 0 unspecified atom stereocenters. The van der Waals surface area contributed by atoms with E-state index in [2.05, 4.69) is 15.9 Å². The minimum atomic E-state index is -0.254. The molecule has 1 aliphatic heterocycles. The van der Waals surface area contributed by atoms with E-state index in [-0.39, 0.29) is 11.8 Å². The van der Waals surface area contributed by atoms with Gasteiger partial charge in [-0.1, -0.05) is 0 Å². The molecular formula is C13H18BrN3O2. The molecule has 6 heteroatoms. The maximum absolute atomic E-state index is 12.4. The average Bonchev–Trinajstić information content (AvgIpc) is 2.68. The number of rotatable bonds is 3. The van der Waals surface area contributed by atoms with Crippen LogP contribution in [0.15, 0.2) is 16.7 Å². The number of hydrogen-bond acceptors (Lipinski definition) is 2. The van der Waals surface area contributed by atoms with Gasteiger partial charge in [0.25, 0.3) is 5.91 Å². The van der Waals surface area contributed by atoms with Crippen molar-refractivity contribution in [2.45, 2.75) is 19.3 Å². The van der Waals surface area contributed by atoms with Crippen LogP contribution in [0.1, 0.15) is 29.8 Å². The van der Waals surface area contributed by atoms with E-state index in [1.807, 2.05) is 28.8 Å². The zero-order valence-electron chi connectivity index (χ0n) is 10.9. The molecule has 0 atom stereocenters. The number of primary amides is 1. The highest BCUT2D eigenvalue weighted by Crippen LogP contribution is 2.22. The molecule has 2 N–H and O–H groups in total. The molecular weight excluding hydrogens is 310 g/mol. The van der Waals surface area contributed by atoms with Gasteiger partial charge in [-0.15, -0.1) is 0 Å². The normalized spacial score (nSPS) is 16.6. The van der Waals surface area contributed by atoms with Crippen molar-refractivity contribution in [2.75, 3.05) is 13.1 Å². The number of aryl methyl sites for hydroxylation is 1. The Morgan fingerprint density at radius 1 is 1.42 bits per heavy atom. The first-order valence-electron chi connectivity index (χ1n) is 6.37. The number of nitrogens with two attached hydrogens (primary N) is 1. The fourth-order valence-corrected chi connectivity index (χ4v) is 3.05. The minimum Gasteiger partial charge on any atom is -0.370 e. The van der Waals surface area contributed by atoms with Gasteiger partial charge in [0.1, 0.15) is 5.69 Å². The summed E-state index contributed by atoms with van der Waals surface area (Å²) in [5, 5.41) is 0. The minimum absolute atomic E-state index is 0.0470. The van der Waals surface area contributed by atoms with Gasteiger partial charge >= 0.3 is 0 Å². The van der Waals surface area contributed by atoms with Crippen molar-refractivity contribution in [1.82, 2.24) is 9.47 Å². The Balaban J connectivity index is 1.96. The van der Waals surface area contributed by atoms with Crippen LogP contribution < -0.4 is 5.73 Å². The summed E-state index contributed by atoms with van der Waals surface area (Å²) in [6, 6.07) is 1.83. The second-order valence-electron chi connectivity index (χ2n) is 5.06. The fourth-order valence-electron chi connectivity index (χ4n) is 2.52. The molecule has 0 saturated carbocycles. The van der Waals surface area contributed by atoms with Crippen molar-refractivity contribution in [2.24, 2.45) is 18.7 Å². The predicted octanol–water partition coefficient (Wildman–Crippen LogP) is 1.52. The molecule has 1 aromatic rings. The van der Waals surface area contributed by atoms with Crippen molar-refractivity contribution in [3.05, 3.63) is 22.4 Å². The van der Waals surface area contributed by atoms with Gasteiger partial charge in [0.15, 0.2) is 0 Å². The Morgan fingerprint density at radius 2 is 2.05 bits per heavy atom. The van der Waals surface area contributed by atoms with Gasteiger partial charge in [0, 0.05) is 37.2 Å². The van der Waals surface area contributed by atoms with Crippen LogP contribution in [-0.4, -0.2) is 34.4 Å². The quantitative estimate of drug-likeness (QED) is 0.914. The summed E-state index contributed by atoms with van der Waals surface area (Å²) in [6.45, 7) is 1.39. The van der Waals surface area contributed by atoms with Crippen LogP contribution in [0.5, 0.6) is 0 Å². The maximum atomic E-state index is 12.4. The highest BCUT2D eigenvalue weighted by atomic mass is 79.9. The smallest absolute Gasteiger partial charge is 0.270 e. The topological polar surface area (TPSA) is 68.3 Å². The molecule has 19 heavy (non-hydrogen) atoms. The first kappa shape index (κ1) is 14.1. The largest absolute Gasteiger partial charge is 0.370 e. The molecule has 0 radical (unpaired) electrons. The number of amides is 2. The zero-order valence-corrected chi connectivity index (χ0v) is 12.5. The van der Waals surface area contributed by atoms with Crippen LogP contribution in [0, 0.1) is 5.92 Å².